The molecule has 0 aromatic rings. The van der Waals surface area contributed by atoms with Gasteiger partial charge in [0.25, 0.3) is 0 Å². The first-order chi connectivity index (χ1) is 12.2. The first-order valence-electron chi connectivity index (χ1n) is 10.2. The molecule has 3 rings (SSSR count). The molecule has 4 nitrogen and oxygen atoms in total. The summed E-state index contributed by atoms with van der Waals surface area (Å²) in [5.41, 5.74) is -0.379. The Kier molecular flexibility index (Phi) is 5.11. The highest BCUT2D eigenvalue weighted by molar-refractivity contribution is 5.85. The van der Waals surface area contributed by atoms with E-state index in [-0.39, 0.29) is 28.8 Å². The molecular formula is C22H34O4. The van der Waals surface area contributed by atoms with E-state index in [1.165, 1.54) is 0 Å². The fraction of sp³-hybridized carbons (Fsp3) is 0.818. The number of esters is 1. The molecule has 0 radical (unpaired) electrons. The fourth-order valence-electron chi connectivity index (χ4n) is 6.80. The van der Waals surface area contributed by atoms with Crippen molar-refractivity contribution < 1.29 is 19.4 Å². The molecule has 3 aliphatic carbocycles. The van der Waals surface area contributed by atoms with Crippen LogP contribution in [0.4, 0.5) is 0 Å². The number of carbonyl (C=O) groups is 2. The van der Waals surface area contributed by atoms with Crippen molar-refractivity contribution in [3.8, 4) is 0 Å². The summed E-state index contributed by atoms with van der Waals surface area (Å²) in [5, 5.41) is 9.26. The normalized spacial score (nSPS) is 48.3. The number of ether oxygens (including phenoxy) is 1. The summed E-state index contributed by atoms with van der Waals surface area (Å²) in [7, 11) is 0. The quantitative estimate of drug-likeness (QED) is 0.613. The van der Waals surface area contributed by atoms with Gasteiger partial charge in [-0.25, -0.2) is 4.79 Å². The monoisotopic (exact) mass is 362 g/mol. The maximum absolute atomic E-state index is 13.1. The highest BCUT2D eigenvalue weighted by Crippen LogP contribution is 2.67. The van der Waals surface area contributed by atoms with Gasteiger partial charge in [0.15, 0.2) is 0 Å². The molecule has 4 heteroatoms. The van der Waals surface area contributed by atoms with Gasteiger partial charge >= 0.3 is 5.97 Å². The van der Waals surface area contributed by atoms with Crippen LogP contribution in [-0.4, -0.2) is 29.6 Å². The maximum Gasteiger partial charge on any atom is 0.332 e. The smallest absolute Gasteiger partial charge is 0.332 e. The van der Waals surface area contributed by atoms with Gasteiger partial charge in [0.2, 0.25) is 0 Å². The van der Waals surface area contributed by atoms with E-state index in [0.29, 0.717) is 36.4 Å². The SMILES string of the molecule is C=CC1C[C@@H](OC(=O)CO)[C@]2(C)[C@H](C)CC[C@]3(CCC(=O)[C@H]32)[C@@H](C)[C@@H]1C. The summed E-state index contributed by atoms with van der Waals surface area (Å²) >= 11 is 0. The lowest BCUT2D eigenvalue weighted by Gasteiger charge is -2.60. The minimum atomic E-state index is -0.616. The third kappa shape index (κ3) is 2.59. The number of rotatable bonds is 3. The van der Waals surface area contributed by atoms with Crippen LogP contribution in [0.25, 0.3) is 0 Å². The van der Waals surface area contributed by atoms with E-state index in [9.17, 15) is 14.7 Å². The van der Waals surface area contributed by atoms with Crippen molar-refractivity contribution in [2.24, 2.45) is 40.4 Å². The molecule has 0 aromatic carbocycles. The first-order valence-corrected chi connectivity index (χ1v) is 10.2. The molecule has 146 valence electrons. The minimum Gasteiger partial charge on any atom is -0.460 e. The molecule has 3 saturated carbocycles. The highest BCUT2D eigenvalue weighted by atomic mass is 16.6. The van der Waals surface area contributed by atoms with Crippen molar-refractivity contribution in [1.29, 1.82) is 0 Å². The van der Waals surface area contributed by atoms with Gasteiger partial charge < -0.3 is 9.84 Å². The molecule has 26 heavy (non-hydrogen) atoms. The molecule has 0 heterocycles. The lowest BCUT2D eigenvalue weighted by molar-refractivity contribution is -0.194. The van der Waals surface area contributed by atoms with Crippen LogP contribution < -0.4 is 0 Å². The van der Waals surface area contributed by atoms with Crippen molar-refractivity contribution in [3.63, 3.8) is 0 Å². The van der Waals surface area contributed by atoms with Crippen LogP contribution in [0.5, 0.6) is 0 Å². The van der Waals surface area contributed by atoms with E-state index in [4.69, 9.17) is 4.74 Å². The van der Waals surface area contributed by atoms with E-state index in [1.807, 2.05) is 6.08 Å². The second-order valence-electron chi connectivity index (χ2n) is 9.36. The Bertz CT molecular complexity index is 599. The van der Waals surface area contributed by atoms with E-state index in [2.05, 4.69) is 34.3 Å². The summed E-state index contributed by atoms with van der Waals surface area (Å²) in [6.07, 6.45) is 6.05. The van der Waals surface area contributed by atoms with Crippen molar-refractivity contribution in [1.82, 2.24) is 0 Å². The fourth-order valence-corrected chi connectivity index (χ4v) is 6.80. The molecule has 1 N–H and O–H groups in total. The average molecular weight is 363 g/mol. The van der Waals surface area contributed by atoms with Crippen LogP contribution in [-0.2, 0) is 14.3 Å². The predicted octanol–water partition coefficient (Wildman–Crippen LogP) is 3.77. The second kappa shape index (κ2) is 6.78. The van der Waals surface area contributed by atoms with Gasteiger partial charge in [0.05, 0.1) is 0 Å². The van der Waals surface area contributed by atoms with Gasteiger partial charge in [0.1, 0.15) is 18.5 Å². The topological polar surface area (TPSA) is 63.6 Å². The molecule has 8 atom stereocenters. The van der Waals surface area contributed by atoms with E-state index >= 15 is 0 Å². The number of hydrogen-bond donors (Lipinski definition) is 1. The van der Waals surface area contributed by atoms with Gasteiger partial charge in [-0.3, -0.25) is 4.79 Å². The van der Waals surface area contributed by atoms with Crippen LogP contribution >= 0.6 is 0 Å². The lowest BCUT2D eigenvalue weighted by Crippen LogP contribution is -2.60. The van der Waals surface area contributed by atoms with Crippen molar-refractivity contribution in [2.45, 2.75) is 65.9 Å². The molecule has 3 fully saturated rings. The molecule has 2 bridgehead atoms. The van der Waals surface area contributed by atoms with Crippen LogP contribution in [0.3, 0.4) is 0 Å². The Morgan fingerprint density at radius 1 is 1.35 bits per heavy atom. The summed E-state index contributed by atoms with van der Waals surface area (Å²) in [4.78, 5) is 25.1. The lowest BCUT2D eigenvalue weighted by atomic mass is 9.44. The number of hydrogen-bond acceptors (Lipinski definition) is 4. The molecule has 0 spiro atoms. The summed E-state index contributed by atoms with van der Waals surface area (Å²) in [5.74, 6) is 1.05. The van der Waals surface area contributed by atoms with E-state index in [0.717, 1.165) is 19.3 Å². The number of ketones is 1. The third-order valence-corrected chi connectivity index (χ3v) is 8.72. The van der Waals surface area contributed by atoms with Gasteiger partial charge in [0, 0.05) is 17.8 Å². The van der Waals surface area contributed by atoms with Crippen molar-refractivity contribution >= 4 is 11.8 Å². The van der Waals surface area contributed by atoms with Crippen LogP contribution in [0.1, 0.15) is 59.8 Å². The zero-order valence-corrected chi connectivity index (χ0v) is 16.7. The summed E-state index contributed by atoms with van der Waals surface area (Å²) in [6, 6.07) is 0. The third-order valence-electron chi connectivity index (χ3n) is 8.72. The Labute approximate surface area is 157 Å². The molecule has 1 unspecified atom stereocenters. The predicted molar refractivity (Wildman–Crippen MR) is 100 cm³/mol. The largest absolute Gasteiger partial charge is 0.460 e. The molecule has 0 aromatic heterocycles. The van der Waals surface area contributed by atoms with Gasteiger partial charge in [-0.15, -0.1) is 6.58 Å². The number of Topliss-reactive ketones (excluding diaryl/α,β-unsaturated/α-hetero) is 1. The van der Waals surface area contributed by atoms with Crippen LogP contribution in [0.2, 0.25) is 0 Å². The Morgan fingerprint density at radius 2 is 2.04 bits per heavy atom. The van der Waals surface area contributed by atoms with E-state index in [1.54, 1.807) is 0 Å². The van der Waals surface area contributed by atoms with Gasteiger partial charge in [-0.1, -0.05) is 33.8 Å². The van der Waals surface area contributed by atoms with Crippen molar-refractivity contribution in [3.05, 3.63) is 12.7 Å². The second-order valence-corrected chi connectivity index (χ2v) is 9.36. The number of allylic oxidation sites excluding steroid dienone is 1. The number of aliphatic hydroxyl groups is 1. The zero-order valence-electron chi connectivity index (χ0n) is 16.7. The minimum absolute atomic E-state index is 0.00329. The van der Waals surface area contributed by atoms with E-state index < -0.39 is 12.6 Å². The van der Waals surface area contributed by atoms with Crippen LogP contribution in [0, 0.1) is 40.4 Å². The summed E-state index contributed by atoms with van der Waals surface area (Å²) in [6.45, 7) is 12.4. The van der Waals surface area contributed by atoms with Crippen LogP contribution in [0.15, 0.2) is 12.7 Å². The van der Waals surface area contributed by atoms with Crippen molar-refractivity contribution in [2.75, 3.05) is 6.61 Å². The molecule has 3 aliphatic rings. The standard InChI is InChI=1S/C22H34O4/c1-6-16-11-18(26-19(25)12-23)21(5)13(2)7-9-22(15(4)14(16)3)10-8-17(24)20(21)22/h6,13-16,18,20,23H,1,7-12H2,2-5H3/t13-,14+,15+,16?,18-,20+,21+,22+/m1/s1. The average Bonchev–Trinajstić information content (AvgIpc) is 2.98. The Balaban J connectivity index is 2.16. The molecule has 0 aliphatic heterocycles. The number of aliphatic hydroxyl groups excluding tert-OH is 1. The summed E-state index contributed by atoms with van der Waals surface area (Å²) < 4.78 is 5.82. The number of carbonyl (C=O) groups excluding carboxylic acids is 2. The first kappa shape index (κ1) is 19.6. The molecule has 0 amide bonds. The zero-order chi connectivity index (χ0) is 19.3. The maximum atomic E-state index is 13.1. The Morgan fingerprint density at radius 3 is 2.65 bits per heavy atom. The molecule has 0 saturated heterocycles. The van der Waals surface area contributed by atoms with Gasteiger partial charge in [-0.2, -0.15) is 0 Å². The Hall–Kier alpha value is -1.16. The van der Waals surface area contributed by atoms with Gasteiger partial charge in [-0.05, 0) is 54.8 Å². The molecular weight excluding hydrogens is 328 g/mol. The highest BCUT2D eigenvalue weighted by Gasteiger charge is 2.66.